The number of carbonyl (C=O) groups excluding carboxylic acids is 1. The van der Waals surface area contributed by atoms with Crippen molar-refractivity contribution in [2.24, 2.45) is 0 Å². The summed E-state index contributed by atoms with van der Waals surface area (Å²) in [6.45, 7) is 1.16. The van der Waals surface area contributed by atoms with Gasteiger partial charge in [-0.25, -0.2) is 9.97 Å². The second kappa shape index (κ2) is 8.24. The first kappa shape index (κ1) is 19.3. The average molecular weight is 431 g/mol. The summed E-state index contributed by atoms with van der Waals surface area (Å²) in [7, 11) is 0. The van der Waals surface area contributed by atoms with Gasteiger partial charge in [0.05, 0.1) is 18.5 Å². The van der Waals surface area contributed by atoms with Crippen LogP contribution in [0.2, 0.25) is 5.02 Å². The van der Waals surface area contributed by atoms with Crippen LogP contribution in [0, 0.1) is 0 Å². The summed E-state index contributed by atoms with van der Waals surface area (Å²) in [5.74, 6) is 1.39. The molecule has 0 spiro atoms. The molecule has 0 bridgehead atoms. The highest BCUT2D eigenvalue weighted by molar-refractivity contribution is 6.35. The summed E-state index contributed by atoms with van der Waals surface area (Å²) >= 11 is 6.27. The van der Waals surface area contributed by atoms with Gasteiger partial charge in [0.2, 0.25) is 0 Å². The number of anilines is 2. The molecule has 2 aromatic heterocycles. The molecule has 0 saturated carbocycles. The third-order valence-corrected chi connectivity index (χ3v) is 5.55. The van der Waals surface area contributed by atoms with Crippen LogP contribution in [0.4, 0.5) is 11.5 Å². The van der Waals surface area contributed by atoms with Crippen molar-refractivity contribution in [2.75, 3.05) is 11.9 Å². The van der Waals surface area contributed by atoms with E-state index in [9.17, 15) is 4.79 Å². The second-order valence-electron chi connectivity index (χ2n) is 7.27. The molecule has 5 rings (SSSR count). The maximum Gasteiger partial charge on any atom is 0.270 e. The van der Waals surface area contributed by atoms with E-state index in [-0.39, 0.29) is 5.91 Å². The quantitative estimate of drug-likeness (QED) is 0.471. The molecule has 0 radical (unpaired) electrons. The maximum absolute atomic E-state index is 12.5. The molecule has 1 amide bonds. The fraction of sp³-hybridized carbons (Fsp3) is 0.125. The Bertz CT molecular complexity index is 1270. The predicted octanol–water partition coefficient (Wildman–Crippen LogP) is 4.89. The van der Waals surface area contributed by atoms with Crippen LogP contribution >= 0.6 is 11.6 Å². The van der Waals surface area contributed by atoms with Crippen LogP contribution in [-0.2, 0) is 13.0 Å². The molecular formula is C24H19ClN4O2. The molecule has 0 aliphatic carbocycles. The molecule has 31 heavy (non-hydrogen) atoms. The van der Waals surface area contributed by atoms with Gasteiger partial charge in [-0.05, 0) is 41.5 Å². The van der Waals surface area contributed by atoms with E-state index < -0.39 is 0 Å². The minimum Gasteiger partial charge on any atom is -0.493 e. The number of nitrogens with zero attached hydrogens (tertiary/aromatic N) is 2. The van der Waals surface area contributed by atoms with Crippen molar-refractivity contribution >= 4 is 39.8 Å². The van der Waals surface area contributed by atoms with Crippen LogP contribution in [0.15, 0.2) is 67.0 Å². The van der Waals surface area contributed by atoms with Gasteiger partial charge in [-0.1, -0.05) is 35.9 Å². The van der Waals surface area contributed by atoms with E-state index in [4.69, 9.17) is 16.3 Å². The van der Waals surface area contributed by atoms with Crippen molar-refractivity contribution in [2.45, 2.75) is 13.0 Å². The first-order valence-corrected chi connectivity index (χ1v) is 10.3. The van der Waals surface area contributed by atoms with E-state index in [0.29, 0.717) is 23.1 Å². The lowest BCUT2D eigenvalue weighted by Crippen LogP contribution is -2.23. The van der Waals surface area contributed by atoms with E-state index in [1.54, 1.807) is 24.5 Å². The Morgan fingerprint density at radius 1 is 1.06 bits per heavy atom. The highest BCUT2D eigenvalue weighted by Gasteiger charge is 2.13. The lowest BCUT2D eigenvalue weighted by Gasteiger charge is -2.10. The molecule has 1 aliphatic rings. The first-order chi connectivity index (χ1) is 15.2. The Morgan fingerprint density at radius 3 is 2.87 bits per heavy atom. The molecule has 0 unspecified atom stereocenters. The lowest BCUT2D eigenvalue weighted by molar-refractivity contribution is 0.0946. The van der Waals surface area contributed by atoms with Gasteiger partial charge in [0.1, 0.15) is 17.3 Å². The number of halogens is 1. The number of pyridine rings is 2. The Kier molecular flexibility index (Phi) is 5.14. The van der Waals surface area contributed by atoms with Crippen molar-refractivity contribution in [1.82, 2.24) is 15.3 Å². The SMILES string of the molecule is O=C(NCc1ccc2c(c1)CCO2)c1ccc(Nc2nccc3c(Cl)cccc23)cn1. The molecule has 2 N–H and O–H groups in total. The normalized spacial score (nSPS) is 12.3. The molecule has 0 saturated heterocycles. The highest BCUT2D eigenvalue weighted by Crippen LogP contribution is 2.29. The molecule has 6 nitrogen and oxygen atoms in total. The van der Waals surface area contributed by atoms with Crippen molar-refractivity contribution in [1.29, 1.82) is 0 Å². The van der Waals surface area contributed by atoms with Crippen LogP contribution < -0.4 is 15.4 Å². The maximum atomic E-state index is 12.5. The fourth-order valence-corrected chi connectivity index (χ4v) is 3.87. The fourth-order valence-electron chi connectivity index (χ4n) is 3.63. The first-order valence-electron chi connectivity index (χ1n) is 9.96. The van der Waals surface area contributed by atoms with Crippen molar-refractivity contribution in [3.8, 4) is 5.75 Å². The average Bonchev–Trinajstić information content (AvgIpc) is 3.27. The van der Waals surface area contributed by atoms with E-state index in [2.05, 4.69) is 26.7 Å². The number of amides is 1. The molecule has 2 aromatic carbocycles. The highest BCUT2D eigenvalue weighted by atomic mass is 35.5. The van der Waals surface area contributed by atoms with Gasteiger partial charge in [0, 0.05) is 35.0 Å². The number of rotatable bonds is 5. The Balaban J connectivity index is 1.26. The number of hydrogen-bond acceptors (Lipinski definition) is 5. The third kappa shape index (κ3) is 4.02. The van der Waals surface area contributed by atoms with Crippen LogP contribution in [0.25, 0.3) is 10.8 Å². The minimum absolute atomic E-state index is 0.224. The predicted molar refractivity (Wildman–Crippen MR) is 121 cm³/mol. The van der Waals surface area contributed by atoms with E-state index in [1.165, 1.54) is 5.56 Å². The largest absolute Gasteiger partial charge is 0.493 e. The van der Waals surface area contributed by atoms with E-state index >= 15 is 0 Å². The van der Waals surface area contributed by atoms with Gasteiger partial charge in [0.15, 0.2) is 0 Å². The molecule has 1 aliphatic heterocycles. The number of fused-ring (bicyclic) bond motifs is 2. The topological polar surface area (TPSA) is 76.1 Å². The number of carbonyl (C=O) groups is 1. The number of benzene rings is 2. The van der Waals surface area contributed by atoms with Crippen LogP contribution in [-0.4, -0.2) is 22.5 Å². The Morgan fingerprint density at radius 2 is 2.00 bits per heavy atom. The Hall–Kier alpha value is -3.64. The zero-order valence-corrected chi connectivity index (χ0v) is 17.3. The lowest BCUT2D eigenvalue weighted by atomic mass is 10.1. The summed E-state index contributed by atoms with van der Waals surface area (Å²) in [5.41, 5.74) is 3.30. The number of aromatic nitrogens is 2. The number of ether oxygens (including phenoxy) is 1. The molecular weight excluding hydrogens is 412 g/mol. The number of nitrogens with one attached hydrogen (secondary N) is 2. The summed E-state index contributed by atoms with van der Waals surface area (Å²) in [6, 6.07) is 17.1. The smallest absolute Gasteiger partial charge is 0.270 e. The van der Waals surface area contributed by atoms with Gasteiger partial charge >= 0.3 is 0 Å². The van der Waals surface area contributed by atoms with Gasteiger partial charge in [-0.15, -0.1) is 0 Å². The zero-order valence-electron chi connectivity index (χ0n) is 16.6. The zero-order chi connectivity index (χ0) is 21.2. The standard InChI is InChI=1S/C24H19ClN4O2/c25-20-3-1-2-19-18(20)8-10-26-23(19)29-17-5-6-21(27-14-17)24(30)28-13-15-4-7-22-16(12-15)9-11-31-22/h1-8,10,12,14H,9,11,13H2,(H,26,29)(H,28,30). The third-order valence-electron chi connectivity index (χ3n) is 5.22. The monoisotopic (exact) mass is 430 g/mol. The van der Waals surface area contributed by atoms with Gasteiger partial charge in [-0.3, -0.25) is 4.79 Å². The molecule has 154 valence electrons. The molecule has 0 fully saturated rings. The summed E-state index contributed by atoms with van der Waals surface area (Å²) in [4.78, 5) is 21.2. The minimum atomic E-state index is -0.224. The molecule has 7 heteroatoms. The van der Waals surface area contributed by atoms with Crippen molar-refractivity contribution < 1.29 is 9.53 Å². The van der Waals surface area contributed by atoms with Crippen molar-refractivity contribution in [3.63, 3.8) is 0 Å². The van der Waals surface area contributed by atoms with Crippen LogP contribution in [0.1, 0.15) is 21.6 Å². The summed E-state index contributed by atoms with van der Waals surface area (Å²) in [6.07, 6.45) is 4.23. The Labute approximate surface area is 184 Å². The van der Waals surface area contributed by atoms with E-state index in [1.807, 2.05) is 36.4 Å². The summed E-state index contributed by atoms with van der Waals surface area (Å²) < 4.78 is 5.52. The summed E-state index contributed by atoms with van der Waals surface area (Å²) in [5, 5.41) is 8.67. The van der Waals surface area contributed by atoms with E-state index in [0.717, 1.165) is 40.8 Å². The van der Waals surface area contributed by atoms with Gasteiger partial charge in [-0.2, -0.15) is 0 Å². The van der Waals surface area contributed by atoms with Crippen LogP contribution in [0.3, 0.4) is 0 Å². The molecule has 3 heterocycles. The molecule has 4 aromatic rings. The molecule has 0 atom stereocenters. The van der Waals surface area contributed by atoms with Gasteiger partial charge < -0.3 is 15.4 Å². The van der Waals surface area contributed by atoms with Crippen LogP contribution in [0.5, 0.6) is 5.75 Å². The second-order valence-corrected chi connectivity index (χ2v) is 7.68. The number of hydrogen-bond donors (Lipinski definition) is 2. The van der Waals surface area contributed by atoms with Gasteiger partial charge in [0.25, 0.3) is 5.91 Å². The van der Waals surface area contributed by atoms with Crippen molar-refractivity contribution in [3.05, 3.63) is 88.8 Å².